The van der Waals surface area contributed by atoms with Crippen molar-refractivity contribution in [2.45, 2.75) is 26.7 Å². The summed E-state index contributed by atoms with van der Waals surface area (Å²) in [6.07, 6.45) is 0.873. The van der Waals surface area contributed by atoms with Crippen molar-refractivity contribution < 1.29 is 9.53 Å². The molecule has 0 spiro atoms. The fourth-order valence-corrected chi connectivity index (χ4v) is 2.78. The maximum absolute atomic E-state index is 12.0. The highest BCUT2D eigenvalue weighted by molar-refractivity contribution is 6.35. The average molecular weight is 393 g/mol. The Morgan fingerprint density at radius 2 is 1.88 bits per heavy atom. The molecule has 0 saturated carbocycles. The van der Waals surface area contributed by atoms with Crippen molar-refractivity contribution in [3.63, 3.8) is 0 Å². The van der Waals surface area contributed by atoms with Crippen LogP contribution in [0.15, 0.2) is 53.6 Å². The summed E-state index contributed by atoms with van der Waals surface area (Å²) in [5.41, 5.74) is 4.48. The standard InChI is InChI=1S/C20H22Cl2N2O2/c1-14(2)20(15-7-4-3-5-8-15)24-23-19(25)9-6-12-26-18-11-10-16(21)13-17(18)22/h3-5,7-8,10-11,13-14H,6,9,12H2,1-2H3,(H,23,25)/b24-20+. The minimum absolute atomic E-state index is 0.148. The van der Waals surface area contributed by atoms with E-state index < -0.39 is 0 Å². The van der Waals surface area contributed by atoms with Crippen LogP contribution in [-0.4, -0.2) is 18.2 Å². The smallest absolute Gasteiger partial charge is 0.240 e. The van der Waals surface area contributed by atoms with E-state index in [2.05, 4.69) is 10.5 Å². The van der Waals surface area contributed by atoms with Gasteiger partial charge in [-0.25, -0.2) is 5.43 Å². The average Bonchev–Trinajstić information content (AvgIpc) is 2.61. The molecule has 6 heteroatoms. The van der Waals surface area contributed by atoms with Gasteiger partial charge in [0.2, 0.25) is 5.91 Å². The minimum Gasteiger partial charge on any atom is -0.492 e. The summed E-state index contributed by atoms with van der Waals surface area (Å²) in [7, 11) is 0. The summed E-state index contributed by atoms with van der Waals surface area (Å²) in [6, 6.07) is 14.9. The third kappa shape index (κ3) is 6.36. The van der Waals surface area contributed by atoms with Gasteiger partial charge >= 0.3 is 0 Å². The summed E-state index contributed by atoms with van der Waals surface area (Å²) < 4.78 is 5.57. The fourth-order valence-electron chi connectivity index (χ4n) is 2.32. The molecule has 0 saturated heterocycles. The quantitative estimate of drug-likeness (QED) is 0.375. The number of carbonyl (C=O) groups is 1. The summed E-state index contributed by atoms with van der Waals surface area (Å²) in [5, 5.41) is 5.30. The van der Waals surface area contributed by atoms with Crippen molar-refractivity contribution in [2.24, 2.45) is 11.0 Å². The molecule has 138 valence electrons. The topological polar surface area (TPSA) is 50.7 Å². The van der Waals surface area contributed by atoms with E-state index in [0.717, 1.165) is 11.3 Å². The van der Waals surface area contributed by atoms with Crippen LogP contribution in [0.5, 0.6) is 5.75 Å². The molecule has 2 aromatic rings. The molecule has 2 rings (SSSR count). The number of rotatable bonds is 8. The molecule has 0 bridgehead atoms. The Hall–Kier alpha value is -2.04. The normalized spacial score (nSPS) is 11.5. The van der Waals surface area contributed by atoms with Gasteiger partial charge in [-0.1, -0.05) is 67.4 Å². The molecule has 0 radical (unpaired) electrons. The molecule has 0 aliphatic heterocycles. The van der Waals surface area contributed by atoms with Gasteiger partial charge in [0.1, 0.15) is 5.75 Å². The van der Waals surface area contributed by atoms with E-state index in [9.17, 15) is 4.79 Å². The lowest BCUT2D eigenvalue weighted by molar-refractivity contribution is -0.121. The molecule has 4 nitrogen and oxygen atoms in total. The first-order chi connectivity index (χ1) is 12.5. The SMILES string of the molecule is CC(C)/C(=N\NC(=O)CCCOc1ccc(Cl)cc1Cl)c1ccccc1. The Morgan fingerprint density at radius 1 is 1.15 bits per heavy atom. The van der Waals surface area contributed by atoms with Crippen LogP contribution in [0.2, 0.25) is 10.0 Å². The van der Waals surface area contributed by atoms with E-state index in [4.69, 9.17) is 27.9 Å². The zero-order valence-corrected chi connectivity index (χ0v) is 16.3. The number of nitrogens with zero attached hydrogens (tertiary/aromatic N) is 1. The Kier molecular flexibility index (Phi) is 7.95. The predicted octanol–water partition coefficient (Wildman–Crippen LogP) is 5.33. The van der Waals surface area contributed by atoms with Gasteiger partial charge in [-0.2, -0.15) is 5.10 Å². The van der Waals surface area contributed by atoms with E-state index in [1.54, 1.807) is 18.2 Å². The molecule has 0 fully saturated rings. The van der Waals surface area contributed by atoms with Crippen molar-refractivity contribution in [3.05, 3.63) is 64.1 Å². The molecule has 0 aliphatic carbocycles. The first-order valence-corrected chi connectivity index (χ1v) is 9.22. The monoisotopic (exact) mass is 392 g/mol. The molecule has 26 heavy (non-hydrogen) atoms. The van der Waals surface area contributed by atoms with Crippen LogP contribution in [-0.2, 0) is 4.79 Å². The first-order valence-electron chi connectivity index (χ1n) is 8.47. The lowest BCUT2D eigenvalue weighted by atomic mass is 10.0. The van der Waals surface area contributed by atoms with Crippen molar-refractivity contribution >= 4 is 34.8 Å². The summed E-state index contributed by atoms with van der Waals surface area (Å²) in [4.78, 5) is 12.0. The summed E-state index contributed by atoms with van der Waals surface area (Å²) in [5.74, 6) is 0.610. The third-order valence-corrected chi connectivity index (χ3v) is 4.15. The number of benzene rings is 2. The van der Waals surface area contributed by atoms with Gasteiger partial charge in [0, 0.05) is 11.4 Å². The number of nitrogens with one attached hydrogen (secondary N) is 1. The van der Waals surface area contributed by atoms with E-state index in [0.29, 0.717) is 35.2 Å². The Balaban J connectivity index is 1.80. The van der Waals surface area contributed by atoms with Crippen molar-refractivity contribution in [1.29, 1.82) is 0 Å². The second-order valence-corrected chi connectivity index (χ2v) is 6.92. The molecule has 0 aliphatic rings. The van der Waals surface area contributed by atoms with Gasteiger partial charge in [-0.05, 0) is 36.1 Å². The van der Waals surface area contributed by atoms with Crippen molar-refractivity contribution in [2.75, 3.05) is 6.61 Å². The lowest BCUT2D eigenvalue weighted by Gasteiger charge is -2.11. The highest BCUT2D eigenvalue weighted by Crippen LogP contribution is 2.27. The van der Waals surface area contributed by atoms with E-state index in [1.807, 2.05) is 44.2 Å². The van der Waals surface area contributed by atoms with Gasteiger partial charge in [-0.15, -0.1) is 0 Å². The van der Waals surface area contributed by atoms with Gasteiger partial charge in [-0.3, -0.25) is 4.79 Å². The number of hydrogen-bond donors (Lipinski definition) is 1. The zero-order chi connectivity index (χ0) is 18.9. The number of carbonyl (C=O) groups excluding carboxylic acids is 1. The molecule has 2 aromatic carbocycles. The second-order valence-electron chi connectivity index (χ2n) is 6.08. The maximum Gasteiger partial charge on any atom is 0.240 e. The molecule has 1 amide bonds. The van der Waals surface area contributed by atoms with Crippen LogP contribution in [0, 0.1) is 5.92 Å². The predicted molar refractivity (Wildman–Crippen MR) is 107 cm³/mol. The highest BCUT2D eigenvalue weighted by atomic mass is 35.5. The molecule has 0 unspecified atom stereocenters. The van der Waals surface area contributed by atoms with Crippen molar-refractivity contribution in [3.8, 4) is 5.75 Å². The molecular formula is C20H22Cl2N2O2. The van der Waals surface area contributed by atoms with Gasteiger partial charge < -0.3 is 4.74 Å². The van der Waals surface area contributed by atoms with Crippen LogP contribution < -0.4 is 10.2 Å². The Labute approximate surface area is 164 Å². The minimum atomic E-state index is -0.148. The highest BCUT2D eigenvalue weighted by Gasteiger charge is 2.09. The molecule has 0 heterocycles. The van der Waals surface area contributed by atoms with Crippen LogP contribution in [0.3, 0.4) is 0 Å². The zero-order valence-electron chi connectivity index (χ0n) is 14.8. The lowest BCUT2D eigenvalue weighted by Crippen LogP contribution is -2.22. The third-order valence-electron chi connectivity index (χ3n) is 3.62. The molecule has 1 N–H and O–H groups in total. The fraction of sp³-hybridized carbons (Fsp3) is 0.300. The van der Waals surface area contributed by atoms with E-state index >= 15 is 0 Å². The van der Waals surface area contributed by atoms with E-state index in [-0.39, 0.29) is 11.8 Å². The molecular weight excluding hydrogens is 371 g/mol. The van der Waals surface area contributed by atoms with Crippen LogP contribution in [0.4, 0.5) is 0 Å². The van der Waals surface area contributed by atoms with Gasteiger partial charge in [0.25, 0.3) is 0 Å². The van der Waals surface area contributed by atoms with E-state index in [1.165, 1.54) is 0 Å². The Bertz CT molecular complexity index is 762. The van der Waals surface area contributed by atoms with Crippen molar-refractivity contribution in [1.82, 2.24) is 5.43 Å². The molecule has 0 atom stereocenters. The van der Waals surface area contributed by atoms with Gasteiger partial charge in [0.05, 0.1) is 17.3 Å². The van der Waals surface area contributed by atoms with Gasteiger partial charge in [0.15, 0.2) is 0 Å². The summed E-state index contributed by atoms with van der Waals surface area (Å²) in [6.45, 7) is 4.47. The molecule has 0 aromatic heterocycles. The number of hydrazone groups is 1. The number of amides is 1. The first kappa shape index (κ1) is 20.3. The largest absolute Gasteiger partial charge is 0.492 e. The number of hydrogen-bond acceptors (Lipinski definition) is 3. The maximum atomic E-state index is 12.0. The number of ether oxygens (including phenoxy) is 1. The van der Waals surface area contributed by atoms with Crippen LogP contribution >= 0.6 is 23.2 Å². The second kappa shape index (κ2) is 10.2. The Morgan fingerprint density at radius 3 is 2.54 bits per heavy atom. The van der Waals surface area contributed by atoms with Crippen LogP contribution in [0.25, 0.3) is 0 Å². The van der Waals surface area contributed by atoms with Crippen LogP contribution in [0.1, 0.15) is 32.3 Å². The summed E-state index contributed by atoms with van der Waals surface area (Å²) >= 11 is 11.9. The number of halogens is 2.